The molecule has 0 heterocycles. The third kappa shape index (κ3) is 5.32. The van der Waals surface area contributed by atoms with Crippen molar-refractivity contribution in [1.29, 1.82) is 0 Å². The molecule has 5 saturated carbocycles. The number of nitrogens with zero attached hydrogens (tertiary/aromatic N) is 8. The van der Waals surface area contributed by atoms with Gasteiger partial charge < -0.3 is 19.6 Å². The average molecular weight is 703 g/mol. The molecular formula is C45H50N8. The summed E-state index contributed by atoms with van der Waals surface area (Å²) in [5, 5.41) is 20.8. The van der Waals surface area contributed by atoms with Crippen LogP contribution in [-0.2, 0) is 0 Å². The first kappa shape index (κ1) is 33.6. The first-order valence-electron chi connectivity index (χ1n) is 19.0. The molecule has 0 saturated heterocycles. The monoisotopic (exact) mass is 702 g/mol. The van der Waals surface area contributed by atoms with Crippen molar-refractivity contribution in [3.05, 3.63) is 119 Å². The Balaban J connectivity index is 1.08. The van der Waals surface area contributed by atoms with Gasteiger partial charge >= 0.3 is 0 Å². The number of anilines is 4. The van der Waals surface area contributed by atoms with E-state index in [0.717, 1.165) is 45.5 Å². The highest BCUT2D eigenvalue weighted by Gasteiger charge is 2.82. The van der Waals surface area contributed by atoms with E-state index >= 15 is 0 Å². The van der Waals surface area contributed by atoms with Gasteiger partial charge in [0.2, 0.25) is 0 Å². The fraction of sp³-hybridized carbons (Fsp3) is 0.378. The van der Waals surface area contributed by atoms with Gasteiger partial charge in [0.25, 0.3) is 0 Å². The molecule has 4 aromatic carbocycles. The van der Waals surface area contributed by atoms with Gasteiger partial charge in [0.1, 0.15) is 11.4 Å². The minimum Gasteiger partial charge on any atom is -0.378 e. The van der Waals surface area contributed by atoms with Gasteiger partial charge in [-0.25, -0.2) is 0 Å². The van der Waals surface area contributed by atoms with Crippen LogP contribution in [0.1, 0.15) is 28.7 Å². The van der Waals surface area contributed by atoms with E-state index in [9.17, 15) is 0 Å². The van der Waals surface area contributed by atoms with Crippen molar-refractivity contribution in [3.63, 3.8) is 0 Å². The molecule has 270 valence electrons. The van der Waals surface area contributed by atoms with E-state index in [1.54, 1.807) is 0 Å². The van der Waals surface area contributed by atoms with E-state index in [1.807, 2.05) is 0 Å². The van der Waals surface area contributed by atoms with Crippen molar-refractivity contribution in [2.75, 3.05) is 76.0 Å². The summed E-state index contributed by atoms with van der Waals surface area (Å²) in [6.45, 7) is 0. The van der Waals surface area contributed by atoms with Crippen LogP contribution in [0.3, 0.4) is 0 Å². The Bertz CT molecular complexity index is 1870. The predicted molar refractivity (Wildman–Crippen MR) is 222 cm³/mol. The second kappa shape index (κ2) is 12.7. The molecule has 5 aliphatic rings. The predicted octanol–water partition coefficient (Wildman–Crippen LogP) is 7.43. The van der Waals surface area contributed by atoms with Crippen LogP contribution in [-0.4, -0.2) is 79.2 Å². The maximum absolute atomic E-state index is 5.27. The van der Waals surface area contributed by atoms with Crippen LogP contribution in [0.4, 0.5) is 22.7 Å². The summed E-state index contributed by atoms with van der Waals surface area (Å²) in [7, 11) is 16.6. The van der Waals surface area contributed by atoms with E-state index in [4.69, 9.17) is 20.4 Å². The number of hydrogen-bond acceptors (Lipinski definition) is 8. The summed E-state index contributed by atoms with van der Waals surface area (Å²) in [6.07, 6.45) is 1.30. The zero-order valence-electron chi connectivity index (χ0n) is 32.1. The van der Waals surface area contributed by atoms with E-state index in [1.165, 1.54) is 40.6 Å². The molecule has 9 rings (SSSR count). The molecule has 5 fully saturated rings. The van der Waals surface area contributed by atoms with Gasteiger partial charge in [0.05, 0.1) is 0 Å². The maximum atomic E-state index is 5.27. The highest BCUT2D eigenvalue weighted by Crippen LogP contribution is 2.81. The zero-order chi connectivity index (χ0) is 36.7. The molecule has 0 radical (unpaired) electrons. The lowest BCUT2D eigenvalue weighted by molar-refractivity contribution is 0.0655. The van der Waals surface area contributed by atoms with Crippen molar-refractivity contribution >= 4 is 45.6 Å². The lowest BCUT2D eigenvalue weighted by Gasteiger charge is -2.44. The van der Waals surface area contributed by atoms with Crippen LogP contribution in [0.15, 0.2) is 117 Å². The molecule has 0 N–H and O–H groups in total. The third-order valence-electron chi connectivity index (χ3n) is 13.0. The number of hydrogen-bond donors (Lipinski definition) is 0. The second-order valence-electron chi connectivity index (χ2n) is 16.5. The number of benzene rings is 4. The maximum Gasteiger partial charge on any atom is 0.100 e. The summed E-state index contributed by atoms with van der Waals surface area (Å²) < 4.78 is 0. The molecule has 5 aliphatic carbocycles. The summed E-state index contributed by atoms with van der Waals surface area (Å²) in [5.41, 5.74) is 13.5. The quantitative estimate of drug-likeness (QED) is 0.128. The van der Waals surface area contributed by atoms with Crippen LogP contribution in [0.5, 0.6) is 0 Å². The van der Waals surface area contributed by atoms with Crippen LogP contribution >= 0.6 is 0 Å². The first-order chi connectivity index (χ1) is 25.6. The molecule has 53 heavy (non-hydrogen) atoms. The SMILES string of the molecule is CN(C)c1ccc(C(=N/N=C2\[C@@H]3[C@H]4C[C@H]5[C@H]3/C(=N\N=C(c3ccc(N(C)C)cc3)c3ccc(N(C)C)cc3)[C@H]3[C@H]2[C@@H]4[C@@H]53)c2ccc(N(C)C)cc2)cc1. The van der Waals surface area contributed by atoms with Crippen LogP contribution < -0.4 is 19.6 Å². The molecule has 8 heteroatoms. The van der Waals surface area contributed by atoms with E-state index in [0.29, 0.717) is 35.5 Å². The lowest BCUT2D eigenvalue weighted by Crippen LogP contribution is -2.48. The Kier molecular flexibility index (Phi) is 8.06. The smallest absolute Gasteiger partial charge is 0.100 e. The Hall–Kier alpha value is -5.24. The van der Waals surface area contributed by atoms with E-state index < -0.39 is 0 Å². The minimum atomic E-state index is 0.429. The summed E-state index contributed by atoms with van der Waals surface area (Å²) in [6, 6.07) is 34.8. The average Bonchev–Trinajstić information content (AvgIpc) is 3.72. The van der Waals surface area contributed by atoms with E-state index in [-0.39, 0.29) is 0 Å². The highest BCUT2D eigenvalue weighted by atomic mass is 15.2. The summed E-state index contributed by atoms with van der Waals surface area (Å²) in [4.78, 5) is 8.52. The standard InChI is InChI=1S/C45H50N8/c1-50(2)30-17-9-26(10-18-30)42(27-11-19-31(20-12-27)51(3)4)46-48-44-38-34-25-35-37-36(34)40(44)41(37)45(39(35)38)49-47-43(28-13-21-32(22-14-28)52(5)6)29-15-23-33(24-16-29)53(7)8/h9-24,34-41H,25H2,1-8H3/b48-44+,49-45+/t34-,35+,36-,37+,38-,39-,40-,41-/m1/s1. The lowest BCUT2D eigenvalue weighted by atomic mass is 9.59. The van der Waals surface area contributed by atoms with Crippen LogP contribution in [0.2, 0.25) is 0 Å². The highest BCUT2D eigenvalue weighted by molar-refractivity contribution is 6.16. The van der Waals surface area contributed by atoms with Gasteiger partial charge in [-0.1, -0.05) is 48.5 Å². The molecule has 0 spiro atoms. The normalized spacial score (nSPS) is 28.0. The first-order valence-corrected chi connectivity index (χ1v) is 19.0. The van der Waals surface area contributed by atoms with Gasteiger partial charge in [0.15, 0.2) is 0 Å². The van der Waals surface area contributed by atoms with Crippen molar-refractivity contribution in [2.24, 2.45) is 67.7 Å². The van der Waals surface area contributed by atoms with Crippen molar-refractivity contribution in [2.45, 2.75) is 6.42 Å². The molecule has 0 aliphatic heterocycles. The molecule has 0 aromatic heterocycles. The van der Waals surface area contributed by atoms with Crippen LogP contribution in [0, 0.1) is 47.3 Å². The van der Waals surface area contributed by atoms with Crippen LogP contribution in [0.25, 0.3) is 0 Å². The zero-order valence-corrected chi connectivity index (χ0v) is 32.1. The topological polar surface area (TPSA) is 62.4 Å². The fourth-order valence-corrected chi connectivity index (χ4v) is 10.6. The van der Waals surface area contributed by atoms with Crippen molar-refractivity contribution in [3.8, 4) is 0 Å². The fourth-order valence-electron chi connectivity index (χ4n) is 10.6. The second-order valence-corrected chi connectivity index (χ2v) is 16.5. The number of rotatable bonds is 10. The van der Waals surface area contributed by atoms with Crippen molar-refractivity contribution in [1.82, 2.24) is 0 Å². The molecule has 8 atom stereocenters. The van der Waals surface area contributed by atoms with Gasteiger partial charge in [-0.15, -0.1) is 10.2 Å². The molecule has 2 bridgehead atoms. The Morgan fingerprint density at radius 1 is 0.396 bits per heavy atom. The molecule has 4 aromatic rings. The Morgan fingerprint density at radius 2 is 0.660 bits per heavy atom. The molecule has 8 nitrogen and oxygen atoms in total. The summed E-state index contributed by atoms with van der Waals surface area (Å²) >= 11 is 0. The Labute approximate surface area is 314 Å². The van der Waals surface area contributed by atoms with E-state index in [2.05, 4.69) is 173 Å². The van der Waals surface area contributed by atoms with Crippen molar-refractivity contribution < 1.29 is 0 Å². The molecule has 0 unspecified atom stereocenters. The number of fused-ring (bicyclic) bond motifs is 2. The van der Waals surface area contributed by atoms with Gasteiger partial charge in [-0.05, 0) is 78.6 Å². The minimum absolute atomic E-state index is 0.429. The largest absolute Gasteiger partial charge is 0.378 e. The third-order valence-corrected chi connectivity index (χ3v) is 13.0. The van der Waals surface area contributed by atoms with Gasteiger partial charge in [0, 0.05) is 136 Å². The molecular weight excluding hydrogens is 653 g/mol. The summed E-state index contributed by atoms with van der Waals surface area (Å²) in [5.74, 6) is 4.61. The van der Waals surface area contributed by atoms with Gasteiger partial charge in [-0.3, -0.25) is 0 Å². The Morgan fingerprint density at radius 3 is 0.906 bits per heavy atom. The molecule has 0 amide bonds. The van der Waals surface area contributed by atoms with Gasteiger partial charge in [-0.2, -0.15) is 10.2 Å².